The molecule has 130 valence electrons. The van der Waals surface area contributed by atoms with Gasteiger partial charge in [-0.3, -0.25) is 9.36 Å². The van der Waals surface area contributed by atoms with Crippen LogP contribution in [0.5, 0.6) is 0 Å². The molecule has 0 fully saturated rings. The lowest BCUT2D eigenvalue weighted by atomic mass is 10.3. The maximum atomic E-state index is 14.0. The van der Waals surface area contributed by atoms with E-state index >= 15 is 0 Å². The molecule has 8 heteroatoms. The van der Waals surface area contributed by atoms with Crippen LogP contribution in [0.1, 0.15) is 11.8 Å². The zero-order valence-electron chi connectivity index (χ0n) is 13.6. The van der Waals surface area contributed by atoms with Crippen LogP contribution < -0.4 is 5.32 Å². The van der Waals surface area contributed by atoms with Gasteiger partial charge in [0, 0.05) is 11.4 Å². The third-order valence-corrected chi connectivity index (χ3v) is 5.52. The van der Waals surface area contributed by atoms with Gasteiger partial charge < -0.3 is 5.32 Å². The fraction of sp³-hybridized carbons (Fsp3) is 0.235. The number of benzene rings is 1. The van der Waals surface area contributed by atoms with Crippen molar-refractivity contribution in [3.05, 3.63) is 58.8 Å². The topological polar surface area (TPSA) is 59.8 Å². The summed E-state index contributed by atoms with van der Waals surface area (Å²) in [6.07, 6.45) is 2.26. The minimum atomic E-state index is -0.364. The average molecular weight is 376 g/mol. The highest BCUT2D eigenvalue weighted by atomic mass is 32.2. The molecule has 1 amide bonds. The molecule has 5 nitrogen and oxygen atoms in total. The Balaban J connectivity index is 1.60. The SMILES string of the molecule is CC(Sc1nncn1-c1ccccc1F)C(=O)NCCc1cccs1. The second-order valence-electron chi connectivity index (χ2n) is 5.32. The van der Waals surface area contributed by atoms with Crippen LogP contribution >= 0.6 is 23.1 Å². The number of nitrogens with zero attached hydrogens (tertiary/aromatic N) is 3. The van der Waals surface area contributed by atoms with Gasteiger partial charge in [-0.15, -0.1) is 21.5 Å². The van der Waals surface area contributed by atoms with Crippen molar-refractivity contribution in [1.29, 1.82) is 0 Å². The number of rotatable bonds is 7. The Labute approximate surface area is 153 Å². The van der Waals surface area contributed by atoms with E-state index in [0.717, 1.165) is 6.42 Å². The zero-order chi connectivity index (χ0) is 17.6. The van der Waals surface area contributed by atoms with Gasteiger partial charge in [0.1, 0.15) is 12.1 Å². The van der Waals surface area contributed by atoms with E-state index in [4.69, 9.17) is 0 Å². The van der Waals surface area contributed by atoms with Gasteiger partial charge in [-0.05, 0) is 36.9 Å². The maximum Gasteiger partial charge on any atom is 0.233 e. The molecule has 1 aromatic carbocycles. The Morgan fingerprint density at radius 2 is 2.20 bits per heavy atom. The number of carbonyl (C=O) groups excluding carboxylic acids is 1. The van der Waals surface area contributed by atoms with Crippen molar-refractivity contribution < 1.29 is 9.18 Å². The quantitative estimate of drug-likeness (QED) is 0.643. The first kappa shape index (κ1) is 17.6. The molecule has 3 aromatic rings. The first-order chi connectivity index (χ1) is 12.1. The number of nitrogens with one attached hydrogen (secondary N) is 1. The molecule has 1 atom stereocenters. The molecular weight excluding hydrogens is 359 g/mol. The van der Waals surface area contributed by atoms with Crippen molar-refractivity contribution in [2.24, 2.45) is 0 Å². The third-order valence-electron chi connectivity index (χ3n) is 3.53. The Morgan fingerprint density at radius 1 is 1.36 bits per heavy atom. The Bertz CT molecular complexity index is 835. The molecule has 0 spiro atoms. The molecule has 0 bridgehead atoms. The van der Waals surface area contributed by atoms with Crippen LogP contribution in [0, 0.1) is 5.82 Å². The van der Waals surface area contributed by atoms with Gasteiger partial charge in [0.2, 0.25) is 5.91 Å². The number of halogens is 1. The van der Waals surface area contributed by atoms with Gasteiger partial charge in [0.15, 0.2) is 5.16 Å². The molecule has 1 unspecified atom stereocenters. The fourth-order valence-corrected chi connectivity index (χ4v) is 3.81. The lowest BCUT2D eigenvalue weighted by Crippen LogP contribution is -2.32. The summed E-state index contributed by atoms with van der Waals surface area (Å²) in [6, 6.07) is 10.4. The first-order valence-electron chi connectivity index (χ1n) is 7.77. The molecule has 0 aliphatic heterocycles. The minimum Gasteiger partial charge on any atom is -0.355 e. The lowest BCUT2D eigenvalue weighted by Gasteiger charge is -2.12. The Morgan fingerprint density at radius 3 is 2.96 bits per heavy atom. The van der Waals surface area contributed by atoms with Crippen molar-refractivity contribution in [2.75, 3.05) is 6.54 Å². The summed E-state index contributed by atoms with van der Waals surface area (Å²) in [5, 5.41) is 12.9. The number of hydrogen-bond donors (Lipinski definition) is 1. The van der Waals surface area contributed by atoms with Crippen LogP contribution in [0.2, 0.25) is 0 Å². The van der Waals surface area contributed by atoms with Crippen molar-refractivity contribution in [1.82, 2.24) is 20.1 Å². The van der Waals surface area contributed by atoms with Crippen LogP contribution in [0.25, 0.3) is 5.69 Å². The number of para-hydroxylation sites is 1. The molecule has 0 aliphatic carbocycles. The van der Waals surface area contributed by atoms with E-state index in [1.165, 1.54) is 29.0 Å². The molecule has 2 heterocycles. The number of amides is 1. The number of carbonyl (C=O) groups is 1. The van der Waals surface area contributed by atoms with Crippen LogP contribution in [0.15, 0.2) is 53.3 Å². The van der Waals surface area contributed by atoms with Gasteiger partial charge >= 0.3 is 0 Å². The lowest BCUT2D eigenvalue weighted by molar-refractivity contribution is -0.120. The summed E-state index contributed by atoms with van der Waals surface area (Å²) in [5.74, 6) is -0.443. The van der Waals surface area contributed by atoms with Gasteiger partial charge in [0.25, 0.3) is 0 Å². The van der Waals surface area contributed by atoms with Crippen molar-refractivity contribution in [3.63, 3.8) is 0 Å². The number of thiophene rings is 1. The molecule has 3 rings (SSSR count). The van der Waals surface area contributed by atoms with Gasteiger partial charge in [0.05, 0.1) is 10.9 Å². The van der Waals surface area contributed by atoms with Crippen LogP contribution in [-0.2, 0) is 11.2 Å². The fourth-order valence-electron chi connectivity index (χ4n) is 2.24. The predicted octanol–water partition coefficient (Wildman–Crippen LogP) is 3.31. The van der Waals surface area contributed by atoms with E-state index in [2.05, 4.69) is 15.5 Å². The van der Waals surface area contributed by atoms with Gasteiger partial charge in [-0.2, -0.15) is 0 Å². The van der Waals surface area contributed by atoms with E-state index in [1.807, 2.05) is 17.5 Å². The monoisotopic (exact) mass is 376 g/mol. The zero-order valence-corrected chi connectivity index (χ0v) is 15.2. The Hall–Kier alpha value is -2.19. The standard InChI is InChI=1S/C17H17FN4OS2/c1-12(16(23)19-9-8-13-5-4-10-24-13)25-17-21-20-11-22(17)15-7-3-2-6-14(15)18/h2-7,10-12H,8-9H2,1H3,(H,19,23). The van der Waals surface area contributed by atoms with E-state index in [0.29, 0.717) is 17.4 Å². The van der Waals surface area contributed by atoms with Crippen molar-refractivity contribution >= 4 is 29.0 Å². The highest BCUT2D eigenvalue weighted by molar-refractivity contribution is 8.00. The summed E-state index contributed by atoms with van der Waals surface area (Å²) >= 11 is 2.92. The molecule has 0 saturated heterocycles. The molecule has 0 saturated carbocycles. The van der Waals surface area contributed by atoms with Gasteiger partial charge in [-0.25, -0.2) is 4.39 Å². The first-order valence-corrected chi connectivity index (χ1v) is 9.53. The molecular formula is C17H17FN4OS2. The summed E-state index contributed by atoms with van der Waals surface area (Å²) < 4.78 is 15.5. The number of aromatic nitrogens is 3. The summed E-state index contributed by atoms with van der Waals surface area (Å²) in [5.41, 5.74) is 0.361. The summed E-state index contributed by atoms with van der Waals surface area (Å²) in [6.45, 7) is 2.38. The number of hydrogen-bond acceptors (Lipinski definition) is 5. The van der Waals surface area contributed by atoms with Crippen molar-refractivity contribution in [2.45, 2.75) is 23.8 Å². The third kappa shape index (κ3) is 4.46. The molecule has 0 aliphatic rings. The van der Waals surface area contributed by atoms with Crippen LogP contribution in [0.4, 0.5) is 4.39 Å². The summed E-state index contributed by atoms with van der Waals surface area (Å²) in [7, 11) is 0. The molecule has 0 radical (unpaired) electrons. The Kier molecular flexibility index (Phi) is 5.83. The van der Waals surface area contributed by atoms with Crippen molar-refractivity contribution in [3.8, 4) is 5.69 Å². The van der Waals surface area contributed by atoms with E-state index in [1.54, 1.807) is 41.0 Å². The largest absolute Gasteiger partial charge is 0.355 e. The number of thioether (sulfide) groups is 1. The smallest absolute Gasteiger partial charge is 0.233 e. The highest BCUT2D eigenvalue weighted by Crippen LogP contribution is 2.25. The van der Waals surface area contributed by atoms with E-state index in [9.17, 15) is 9.18 Å². The average Bonchev–Trinajstić information content (AvgIpc) is 3.27. The van der Waals surface area contributed by atoms with Crippen LogP contribution in [0.3, 0.4) is 0 Å². The van der Waals surface area contributed by atoms with Gasteiger partial charge in [-0.1, -0.05) is 30.0 Å². The normalized spacial score (nSPS) is 12.1. The minimum absolute atomic E-state index is 0.0790. The molecule has 2 aromatic heterocycles. The maximum absolute atomic E-state index is 14.0. The predicted molar refractivity (Wildman–Crippen MR) is 97.7 cm³/mol. The molecule has 25 heavy (non-hydrogen) atoms. The van der Waals surface area contributed by atoms with E-state index in [-0.39, 0.29) is 17.0 Å². The molecule has 1 N–H and O–H groups in total. The van der Waals surface area contributed by atoms with Crippen LogP contribution in [-0.4, -0.2) is 32.5 Å². The summed E-state index contributed by atoms with van der Waals surface area (Å²) in [4.78, 5) is 13.5. The highest BCUT2D eigenvalue weighted by Gasteiger charge is 2.19. The second kappa shape index (κ2) is 8.26. The van der Waals surface area contributed by atoms with E-state index < -0.39 is 0 Å². The second-order valence-corrected chi connectivity index (χ2v) is 7.66.